The van der Waals surface area contributed by atoms with Gasteiger partial charge in [-0.25, -0.2) is 9.59 Å². The van der Waals surface area contributed by atoms with Gasteiger partial charge in [-0.2, -0.15) is 0 Å². The minimum atomic E-state index is -1.82. The maximum Gasteiger partial charge on any atom is 0.414 e. The molecule has 1 aliphatic rings. The van der Waals surface area contributed by atoms with Crippen LogP contribution in [0.1, 0.15) is 5.56 Å². The molecule has 0 radical (unpaired) electrons. The molecular weight excluding hydrogens is 400 g/mol. The van der Waals surface area contributed by atoms with Gasteiger partial charge in [0.15, 0.2) is 0 Å². The van der Waals surface area contributed by atoms with Gasteiger partial charge in [-0.1, -0.05) is 48.5 Å². The quantitative estimate of drug-likeness (QED) is 0.464. The highest BCUT2D eigenvalue weighted by Crippen LogP contribution is 2.14. The van der Waals surface area contributed by atoms with Gasteiger partial charge in [-0.3, -0.25) is 20.1 Å². The molecule has 31 heavy (non-hydrogen) atoms. The predicted molar refractivity (Wildman–Crippen MR) is 116 cm³/mol. The van der Waals surface area contributed by atoms with E-state index < -0.39 is 11.9 Å². The number of amides is 1. The molecule has 0 bridgehead atoms. The molecule has 1 amide bonds. The molecule has 1 heterocycles. The molecule has 0 spiro atoms. The van der Waals surface area contributed by atoms with Crippen LogP contribution in [0.15, 0.2) is 60.7 Å². The molecule has 3 rings (SSSR count). The van der Waals surface area contributed by atoms with Crippen LogP contribution in [0.3, 0.4) is 0 Å². The van der Waals surface area contributed by atoms with Gasteiger partial charge in [0, 0.05) is 26.2 Å². The van der Waals surface area contributed by atoms with Crippen molar-refractivity contribution in [2.24, 2.45) is 0 Å². The second kappa shape index (κ2) is 12.3. The van der Waals surface area contributed by atoms with Gasteiger partial charge in [-0.15, -0.1) is 0 Å². The number of nitrogens with one attached hydrogen (secondary N) is 1. The highest BCUT2D eigenvalue weighted by atomic mass is 16.4. The van der Waals surface area contributed by atoms with Gasteiger partial charge < -0.3 is 15.1 Å². The van der Waals surface area contributed by atoms with Crippen molar-refractivity contribution in [3.63, 3.8) is 0 Å². The summed E-state index contributed by atoms with van der Waals surface area (Å²) in [6.45, 7) is 4.98. The first-order valence-electron chi connectivity index (χ1n) is 9.88. The van der Waals surface area contributed by atoms with Crippen LogP contribution in [0.5, 0.6) is 0 Å². The Morgan fingerprint density at radius 1 is 0.871 bits per heavy atom. The number of benzene rings is 2. The van der Waals surface area contributed by atoms with Crippen molar-refractivity contribution in [2.75, 3.05) is 44.8 Å². The number of carbonyl (C=O) groups is 3. The van der Waals surface area contributed by atoms with Crippen LogP contribution in [0.2, 0.25) is 0 Å². The van der Waals surface area contributed by atoms with E-state index in [2.05, 4.69) is 34.4 Å². The normalized spacial score (nSPS) is 14.1. The highest BCUT2D eigenvalue weighted by molar-refractivity contribution is 6.27. The molecule has 166 valence electrons. The average Bonchev–Trinajstić information content (AvgIpc) is 2.76. The van der Waals surface area contributed by atoms with Crippen molar-refractivity contribution in [1.82, 2.24) is 15.2 Å². The summed E-state index contributed by atoms with van der Waals surface area (Å²) < 4.78 is 0. The Morgan fingerprint density at radius 2 is 1.39 bits per heavy atom. The summed E-state index contributed by atoms with van der Waals surface area (Å²) in [5, 5.41) is 16.7. The van der Waals surface area contributed by atoms with Crippen LogP contribution in [0.4, 0.5) is 5.69 Å². The lowest BCUT2D eigenvalue weighted by Gasteiger charge is -2.33. The summed E-state index contributed by atoms with van der Waals surface area (Å²) in [7, 11) is 2.12. The Kier molecular flexibility index (Phi) is 9.47. The summed E-state index contributed by atoms with van der Waals surface area (Å²) in [6.07, 6.45) is 0. The van der Waals surface area contributed by atoms with Crippen molar-refractivity contribution in [2.45, 2.75) is 6.54 Å². The predicted octanol–water partition coefficient (Wildman–Crippen LogP) is 1.13. The fourth-order valence-electron chi connectivity index (χ4n) is 2.96. The maximum absolute atomic E-state index is 12.6. The highest BCUT2D eigenvalue weighted by Gasteiger charge is 2.18. The van der Waals surface area contributed by atoms with Crippen molar-refractivity contribution >= 4 is 23.5 Å². The summed E-state index contributed by atoms with van der Waals surface area (Å²) >= 11 is 0. The zero-order chi connectivity index (χ0) is 22.6. The van der Waals surface area contributed by atoms with Crippen molar-refractivity contribution in [3.8, 4) is 0 Å². The molecule has 9 nitrogen and oxygen atoms in total. The number of rotatable bonds is 6. The standard InChI is InChI=1S/C20H26N4O.C2H2O4/c1-22-12-14-23(15-13-22)17-20(25)21-24(19-10-6-3-7-11-19)16-18-8-4-2-5-9-18;3-1(4)2(5)6/h2-11H,12-17H2,1H3,(H,21,25);(H,3,4)(H,5,6). The third kappa shape index (κ3) is 8.85. The number of hydrogen-bond donors (Lipinski definition) is 3. The van der Waals surface area contributed by atoms with Crippen LogP contribution >= 0.6 is 0 Å². The number of carboxylic acids is 2. The van der Waals surface area contributed by atoms with E-state index in [1.54, 1.807) is 0 Å². The maximum atomic E-state index is 12.6. The summed E-state index contributed by atoms with van der Waals surface area (Å²) in [6, 6.07) is 20.2. The smallest absolute Gasteiger partial charge is 0.414 e. The minimum Gasteiger partial charge on any atom is -0.473 e. The molecular formula is C22H28N4O5. The summed E-state index contributed by atoms with van der Waals surface area (Å²) in [5.41, 5.74) is 5.22. The topological polar surface area (TPSA) is 113 Å². The number of likely N-dealkylation sites (N-methyl/N-ethyl adjacent to an activating group) is 1. The Morgan fingerprint density at radius 3 is 1.90 bits per heavy atom. The molecule has 1 aliphatic heterocycles. The van der Waals surface area contributed by atoms with Crippen molar-refractivity contribution < 1.29 is 24.6 Å². The third-order valence-electron chi connectivity index (χ3n) is 4.66. The van der Waals surface area contributed by atoms with Gasteiger partial charge in [-0.05, 0) is 24.7 Å². The Hall–Kier alpha value is -3.43. The molecule has 0 aliphatic carbocycles. The largest absolute Gasteiger partial charge is 0.473 e. The first-order chi connectivity index (χ1) is 14.8. The number of carboxylic acid groups (broad SMARTS) is 2. The molecule has 0 saturated carbocycles. The van der Waals surface area contributed by atoms with E-state index in [0.29, 0.717) is 13.1 Å². The summed E-state index contributed by atoms with van der Waals surface area (Å²) in [5.74, 6) is -3.62. The molecule has 0 aromatic heterocycles. The van der Waals surface area contributed by atoms with Crippen LogP contribution in [0, 0.1) is 0 Å². The Balaban J connectivity index is 0.000000501. The second-order valence-electron chi connectivity index (χ2n) is 7.13. The molecule has 1 saturated heterocycles. The van der Waals surface area contributed by atoms with Crippen LogP contribution in [-0.4, -0.2) is 77.6 Å². The van der Waals surface area contributed by atoms with Crippen LogP contribution in [0.25, 0.3) is 0 Å². The van der Waals surface area contributed by atoms with Gasteiger partial charge in [0.05, 0.1) is 18.8 Å². The van der Waals surface area contributed by atoms with Gasteiger partial charge >= 0.3 is 11.9 Å². The number of anilines is 1. The Bertz CT molecular complexity index is 827. The molecule has 3 N–H and O–H groups in total. The Labute approximate surface area is 181 Å². The molecule has 1 fully saturated rings. The van der Waals surface area contributed by atoms with Crippen molar-refractivity contribution in [1.29, 1.82) is 0 Å². The van der Waals surface area contributed by atoms with Crippen molar-refractivity contribution in [3.05, 3.63) is 66.2 Å². The van der Waals surface area contributed by atoms with Crippen LogP contribution < -0.4 is 10.4 Å². The lowest BCUT2D eigenvalue weighted by molar-refractivity contribution is -0.159. The molecule has 2 aromatic rings. The summed E-state index contributed by atoms with van der Waals surface area (Å²) in [4.78, 5) is 35.3. The lowest BCUT2D eigenvalue weighted by Crippen LogP contribution is -2.51. The first-order valence-corrected chi connectivity index (χ1v) is 9.88. The number of piperazine rings is 1. The zero-order valence-electron chi connectivity index (χ0n) is 17.5. The van der Waals surface area contributed by atoms with E-state index >= 15 is 0 Å². The monoisotopic (exact) mass is 428 g/mol. The van der Waals surface area contributed by atoms with Gasteiger partial charge in [0.2, 0.25) is 0 Å². The molecule has 2 aromatic carbocycles. The van der Waals surface area contributed by atoms with Gasteiger partial charge in [0.25, 0.3) is 5.91 Å². The number of nitrogens with zero attached hydrogens (tertiary/aromatic N) is 3. The number of para-hydroxylation sites is 1. The minimum absolute atomic E-state index is 0.0318. The third-order valence-corrected chi connectivity index (χ3v) is 4.66. The molecule has 9 heteroatoms. The fraction of sp³-hybridized carbons (Fsp3) is 0.318. The molecule has 0 atom stereocenters. The number of aliphatic carboxylic acids is 2. The fourth-order valence-corrected chi connectivity index (χ4v) is 2.96. The average molecular weight is 428 g/mol. The lowest BCUT2D eigenvalue weighted by atomic mass is 10.2. The van der Waals surface area contributed by atoms with Gasteiger partial charge in [0.1, 0.15) is 0 Å². The van der Waals surface area contributed by atoms with Crippen LogP contribution in [-0.2, 0) is 20.9 Å². The first kappa shape index (κ1) is 23.8. The van der Waals surface area contributed by atoms with E-state index in [-0.39, 0.29) is 5.91 Å². The second-order valence-corrected chi connectivity index (χ2v) is 7.13. The number of carbonyl (C=O) groups excluding carboxylic acids is 1. The van der Waals surface area contributed by atoms with E-state index in [1.807, 2.05) is 53.5 Å². The van der Waals surface area contributed by atoms with E-state index in [9.17, 15) is 4.79 Å². The molecule has 0 unspecified atom stereocenters. The van der Waals surface area contributed by atoms with E-state index in [0.717, 1.165) is 37.4 Å². The zero-order valence-corrected chi connectivity index (χ0v) is 17.5. The number of hydrazine groups is 1. The van der Waals surface area contributed by atoms with E-state index in [1.165, 1.54) is 0 Å². The number of hydrogen-bond acceptors (Lipinski definition) is 6. The van der Waals surface area contributed by atoms with E-state index in [4.69, 9.17) is 19.8 Å². The SMILES string of the molecule is CN1CCN(CC(=O)NN(Cc2ccccc2)c2ccccc2)CC1.O=C(O)C(=O)O.